The summed E-state index contributed by atoms with van der Waals surface area (Å²) in [5, 5.41) is 14.4. The Morgan fingerprint density at radius 3 is 2.52 bits per heavy atom. The molecule has 0 fully saturated rings. The average molecular weight is 438 g/mol. The number of hydrogen-bond acceptors (Lipinski definition) is 6. The lowest BCUT2D eigenvalue weighted by molar-refractivity contribution is 0.0696. The molecule has 158 valence electrons. The van der Waals surface area contributed by atoms with Crippen molar-refractivity contribution in [3.63, 3.8) is 0 Å². The number of ether oxygens (including phenoxy) is 1. The summed E-state index contributed by atoms with van der Waals surface area (Å²) in [4.78, 5) is 40.3. The van der Waals surface area contributed by atoms with Crippen LogP contribution in [-0.2, 0) is 0 Å². The molecule has 0 spiro atoms. The van der Waals surface area contributed by atoms with Crippen LogP contribution < -0.4 is 19.7 Å². The number of benzene rings is 2. The monoisotopic (exact) mass is 438 g/mol. The Kier molecular flexibility index (Phi) is 6.73. The molecule has 3 aromatic rings. The average Bonchev–Trinajstić information content (AvgIpc) is 2.79. The number of carboxylic acid groups (broad SMARTS) is 1. The highest BCUT2D eigenvalue weighted by atomic mass is 32.1. The molecule has 9 nitrogen and oxygen atoms in total. The molecule has 0 aliphatic carbocycles. The van der Waals surface area contributed by atoms with Gasteiger partial charge in [-0.3, -0.25) is 9.78 Å². The molecular formula is C21H18N4O5S. The Morgan fingerprint density at radius 1 is 1.03 bits per heavy atom. The molecule has 0 saturated carbocycles. The van der Waals surface area contributed by atoms with Crippen molar-refractivity contribution in [1.82, 2.24) is 4.98 Å². The van der Waals surface area contributed by atoms with Crippen LogP contribution >= 0.6 is 12.8 Å². The molecule has 3 rings (SSSR count). The van der Waals surface area contributed by atoms with E-state index in [0.29, 0.717) is 11.4 Å². The Balaban J connectivity index is 1.80. The third-order valence-corrected chi connectivity index (χ3v) is 4.57. The van der Waals surface area contributed by atoms with E-state index in [4.69, 9.17) is 9.84 Å². The lowest BCUT2D eigenvalue weighted by Gasteiger charge is -2.18. The van der Waals surface area contributed by atoms with Crippen LogP contribution in [0.5, 0.6) is 5.75 Å². The van der Waals surface area contributed by atoms with Crippen molar-refractivity contribution in [3.8, 4) is 5.75 Å². The fourth-order valence-electron chi connectivity index (χ4n) is 2.64. The van der Waals surface area contributed by atoms with E-state index in [0.717, 1.165) is 4.31 Å². The van der Waals surface area contributed by atoms with Gasteiger partial charge in [0.25, 0.3) is 5.91 Å². The van der Waals surface area contributed by atoms with Gasteiger partial charge in [0.05, 0.1) is 35.9 Å². The van der Waals surface area contributed by atoms with E-state index in [1.165, 1.54) is 43.6 Å². The van der Waals surface area contributed by atoms with Gasteiger partial charge in [0.2, 0.25) is 0 Å². The van der Waals surface area contributed by atoms with Crippen LogP contribution in [0.4, 0.5) is 21.9 Å². The molecule has 1 aromatic heterocycles. The van der Waals surface area contributed by atoms with Crippen molar-refractivity contribution < 1.29 is 24.2 Å². The highest BCUT2D eigenvalue weighted by molar-refractivity contribution is 7.82. The van der Waals surface area contributed by atoms with Gasteiger partial charge in [-0.05, 0) is 48.5 Å². The molecule has 0 aliphatic rings. The smallest absolute Gasteiger partial charge is 0.336 e. The van der Waals surface area contributed by atoms with Crippen LogP contribution in [0.1, 0.15) is 20.7 Å². The molecule has 0 saturated heterocycles. The van der Waals surface area contributed by atoms with E-state index in [-0.39, 0.29) is 22.5 Å². The first kappa shape index (κ1) is 21.7. The number of carboxylic acids is 1. The number of urea groups is 1. The van der Waals surface area contributed by atoms with Gasteiger partial charge in [-0.25, -0.2) is 13.9 Å². The molecule has 10 heteroatoms. The zero-order valence-corrected chi connectivity index (χ0v) is 17.2. The quantitative estimate of drug-likeness (QED) is 0.433. The highest BCUT2D eigenvalue weighted by Gasteiger charge is 2.18. The lowest BCUT2D eigenvalue weighted by Crippen LogP contribution is -2.27. The SMILES string of the molecule is COc1ccc(C(=O)Nc2cccnc2)cc1NC(=O)N(S)c1cccc(C(=O)O)c1. The van der Waals surface area contributed by atoms with Gasteiger partial charge in [0.1, 0.15) is 5.75 Å². The summed E-state index contributed by atoms with van der Waals surface area (Å²) in [5.41, 5.74) is 1.30. The van der Waals surface area contributed by atoms with E-state index in [1.54, 1.807) is 30.5 Å². The van der Waals surface area contributed by atoms with Gasteiger partial charge >= 0.3 is 12.0 Å². The van der Waals surface area contributed by atoms with Gasteiger partial charge in [0.15, 0.2) is 0 Å². The van der Waals surface area contributed by atoms with Crippen molar-refractivity contribution in [1.29, 1.82) is 0 Å². The maximum Gasteiger partial charge on any atom is 0.336 e. The predicted octanol–water partition coefficient (Wildman–Crippen LogP) is 3.92. The second-order valence-corrected chi connectivity index (χ2v) is 6.61. The topological polar surface area (TPSA) is 121 Å². The van der Waals surface area contributed by atoms with Crippen molar-refractivity contribution in [2.24, 2.45) is 0 Å². The van der Waals surface area contributed by atoms with Crippen molar-refractivity contribution >= 4 is 47.8 Å². The molecule has 3 N–H and O–H groups in total. The molecule has 1 heterocycles. The molecule has 2 aromatic carbocycles. The number of amides is 3. The summed E-state index contributed by atoms with van der Waals surface area (Å²) in [6, 6.07) is 13.0. The van der Waals surface area contributed by atoms with Crippen LogP contribution in [0.15, 0.2) is 67.0 Å². The Bertz CT molecular complexity index is 1120. The Morgan fingerprint density at radius 2 is 1.84 bits per heavy atom. The number of anilines is 3. The van der Waals surface area contributed by atoms with E-state index >= 15 is 0 Å². The van der Waals surface area contributed by atoms with Gasteiger partial charge in [-0.15, -0.1) is 0 Å². The van der Waals surface area contributed by atoms with Gasteiger partial charge in [-0.1, -0.05) is 18.9 Å². The number of hydrogen-bond donors (Lipinski definition) is 4. The second-order valence-electron chi connectivity index (χ2n) is 6.21. The minimum Gasteiger partial charge on any atom is -0.495 e. The third-order valence-electron chi connectivity index (χ3n) is 4.15. The summed E-state index contributed by atoms with van der Waals surface area (Å²) in [7, 11) is 1.43. The zero-order chi connectivity index (χ0) is 22.4. The number of aromatic carboxylic acids is 1. The standard InChI is InChI=1S/C21H18N4O5S/c1-30-18-8-7-13(19(26)23-15-5-3-9-22-12-15)11-17(18)24-21(29)25(31)16-6-2-4-14(10-16)20(27)28/h2-12,31H,1H3,(H,23,26)(H,24,29)(H,27,28). The first-order chi connectivity index (χ1) is 14.9. The fraction of sp³-hybridized carbons (Fsp3) is 0.0476. The minimum atomic E-state index is -1.13. The van der Waals surface area contributed by atoms with E-state index in [9.17, 15) is 14.4 Å². The van der Waals surface area contributed by atoms with Crippen LogP contribution in [-0.4, -0.2) is 35.1 Å². The number of nitrogens with zero attached hydrogens (tertiary/aromatic N) is 2. The second kappa shape index (κ2) is 9.63. The van der Waals surface area contributed by atoms with Gasteiger partial charge in [-0.2, -0.15) is 0 Å². The first-order valence-corrected chi connectivity index (χ1v) is 9.32. The number of carbonyl (C=O) groups excluding carboxylic acids is 2. The Labute approximate surface area is 183 Å². The zero-order valence-electron chi connectivity index (χ0n) is 16.3. The Hall–Kier alpha value is -4.05. The number of aromatic nitrogens is 1. The molecule has 3 amide bonds. The summed E-state index contributed by atoms with van der Waals surface area (Å²) in [6.45, 7) is 0. The molecule has 0 radical (unpaired) electrons. The van der Waals surface area contributed by atoms with E-state index in [2.05, 4.69) is 28.4 Å². The summed E-state index contributed by atoms with van der Waals surface area (Å²) in [5.74, 6) is -1.20. The number of methoxy groups -OCH3 is 1. The van der Waals surface area contributed by atoms with E-state index < -0.39 is 17.9 Å². The van der Waals surface area contributed by atoms with Crippen molar-refractivity contribution in [2.75, 3.05) is 22.0 Å². The summed E-state index contributed by atoms with van der Waals surface area (Å²) >= 11 is 4.16. The van der Waals surface area contributed by atoms with E-state index in [1.807, 2.05) is 0 Å². The van der Waals surface area contributed by atoms with Crippen molar-refractivity contribution in [2.45, 2.75) is 0 Å². The van der Waals surface area contributed by atoms with Gasteiger partial charge < -0.3 is 20.5 Å². The first-order valence-electron chi connectivity index (χ1n) is 8.92. The summed E-state index contributed by atoms with van der Waals surface area (Å²) < 4.78 is 6.21. The van der Waals surface area contributed by atoms with Crippen LogP contribution in [0, 0.1) is 0 Å². The van der Waals surface area contributed by atoms with Gasteiger partial charge in [0, 0.05) is 11.8 Å². The largest absolute Gasteiger partial charge is 0.495 e. The molecule has 31 heavy (non-hydrogen) atoms. The number of rotatable bonds is 6. The number of nitrogens with one attached hydrogen (secondary N) is 2. The maximum atomic E-state index is 12.7. The molecular weight excluding hydrogens is 420 g/mol. The molecule has 0 aliphatic heterocycles. The third kappa shape index (κ3) is 5.31. The normalized spacial score (nSPS) is 10.1. The van der Waals surface area contributed by atoms with Crippen LogP contribution in [0.25, 0.3) is 0 Å². The van der Waals surface area contributed by atoms with Crippen LogP contribution in [0.3, 0.4) is 0 Å². The highest BCUT2D eigenvalue weighted by Crippen LogP contribution is 2.27. The molecule has 0 atom stereocenters. The van der Waals surface area contributed by atoms with Crippen molar-refractivity contribution in [3.05, 3.63) is 78.1 Å². The van der Waals surface area contributed by atoms with Crippen LogP contribution in [0.2, 0.25) is 0 Å². The minimum absolute atomic E-state index is 0.0102. The fourth-order valence-corrected chi connectivity index (χ4v) is 2.82. The summed E-state index contributed by atoms with van der Waals surface area (Å²) in [6.07, 6.45) is 3.10. The maximum absolute atomic E-state index is 12.7. The number of thiol groups is 1. The molecule has 0 bridgehead atoms. The molecule has 0 unspecified atom stereocenters. The lowest BCUT2D eigenvalue weighted by atomic mass is 10.1. The number of pyridine rings is 1. The number of carbonyl (C=O) groups is 3. The predicted molar refractivity (Wildman–Crippen MR) is 119 cm³/mol.